The maximum Gasteiger partial charge on any atom is 0.335 e. The van der Waals surface area contributed by atoms with E-state index < -0.39 is 9.85 Å². The lowest BCUT2D eigenvalue weighted by molar-refractivity contribution is -0.384. The van der Waals surface area contributed by atoms with E-state index in [-0.39, 0.29) is 17.2 Å². The van der Waals surface area contributed by atoms with Crippen molar-refractivity contribution in [3.8, 4) is 0 Å². The van der Waals surface area contributed by atoms with Crippen molar-refractivity contribution in [2.24, 2.45) is 12.1 Å². The number of aryl methyl sites for hydroxylation is 1. The number of rotatable bonds is 5. The van der Waals surface area contributed by atoms with Crippen molar-refractivity contribution >= 4 is 23.4 Å². The van der Waals surface area contributed by atoms with E-state index in [1.807, 2.05) is 0 Å². The summed E-state index contributed by atoms with van der Waals surface area (Å²) < 4.78 is 1.38. The Bertz CT molecular complexity index is 750. The fourth-order valence-corrected chi connectivity index (χ4v) is 1.74. The van der Waals surface area contributed by atoms with Crippen molar-refractivity contribution in [1.82, 2.24) is 9.78 Å². The molecule has 10 heteroatoms. The third kappa shape index (κ3) is 3.06. The smallest absolute Gasteiger partial charge is 0.264 e. The van der Waals surface area contributed by atoms with Gasteiger partial charge in [0.15, 0.2) is 0 Å². The molecule has 2 aromatic rings. The van der Waals surface area contributed by atoms with Gasteiger partial charge in [-0.2, -0.15) is 5.10 Å². The van der Waals surface area contributed by atoms with Crippen LogP contribution in [0.2, 0.25) is 0 Å². The van der Waals surface area contributed by atoms with Gasteiger partial charge in [0.25, 0.3) is 5.69 Å². The van der Waals surface area contributed by atoms with Gasteiger partial charge in [-0.05, 0) is 24.6 Å². The molecule has 0 fully saturated rings. The summed E-state index contributed by atoms with van der Waals surface area (Å²) in [6, 6.07) is 5.71. The van der Waals surface area contributed by atoms with Gasteiger partial charge in [-0.15, -0.1) is 5.10 Å². The highest BCUT2D eigenvalue weighted by Crippen LogP contribution is 2.26. The first-order chi connectivity index (χ1) is 10.4. The number of nitrogens with one attached hydrogen (secondary N) is 1. The van der Waals surface area contributed by atoms with Gasteiger partial charge in [0.1, 0.15) is 5.69 Å². The number of nitrogens with zero attached hydrogens (tertiary/aromatic N) is 5. The molecule has 0 aliphatic heterocycles. The van der Waals surface area contributed by atoms with Crippen LogP contribution in [-0.2, 0) is 7.05 Å². The minimum Gasteiger partial charge on any atom is -0.264 e. The number of hydrazone groups is 1. The number of nitro groups is 2. The van der Waals surface area contributed by atoms with Crippen LogP contribution >= 0.6 is 0 Å². The summed E-state index contributed by atoms with van der Waals surface area (Å²) >= 11 is 0. The van der Waals surface area contributed by atoms with Crippen LogP contribution in [0.3, 0.4) is 0 Å². The Morgan fingerprint density at radius 2 is 1.86 bits per heavy atom. The van der Waals surface area contributed by atoms with Crippen LogP contribution in [0.15, 0.2) is 29.4 Å². The molecule has 22 heavy (non-hydrogen) atoms. The minimum atomic E-state index is -0.536. The van der Waals surface area contributed by atoms with Crippen molar-refractivity contribution in [2.75, 3.05) is 5.43 Å². The maximum absolute atomic E-state index is 11.0. The monoisotopic (exact) mass is 304 g/mol. The number of anilines is 1. The van der Waals surface area contributed by atoms with E-state index in [4.69, 9.17) is 0 Å². The first-order valence-corrected chi connectivity index (χ1v) is 6.11. The molecule has 0 saturated carbocycles. The Labute approximate surface area is 124 Å². The summed E-state index contributed by atoms with van der Waals surface area (Å²) in [7, 11) is 1.59. The Kier molecular flexibility index (Phi) is 4.11. The molecule has 1 heterocycles. The van der Waals surface area contributed by atoms with E-state index in [1.165, 1.54) is 35.2 Å². The van der Waals surface area contributed by atoms with E-state index in [1.54, 1.807) is 14.0 Å². The summed E-state index contributed by atoms with van der Waals surface area (Å²) in [5, 5.41) is 29.3. The summed E-state index contributed by atoms with van der Waals surface area (Å²) in [5.74, 6) is 0.0307. The number of hydrogen-bond acceptors (Lipinski definition) is 7. The molecule has 0 unspecified atom stereocenters. The average Bonchev–Trinajstić information content (AvgIpc) is 2.74. The third-order valence-electron chi connectivity index (χ3n) is 2.97. The Balaban J connectivity index is 2.14. The summed E-state index contributed by atoms with van der Waals surface area (Å²) in [5.41, 5.74) is 3.33. The standard InChI is InChI=1S/C12H12N6O4/c1-8-11(18(21)22)12(15-16(8)2)14-13-7-9-3-5-10(6-4-9)17(19)20/h3-7H,1-2H3,(H,14,15)/b13-7-. The van der Waals surface area contributed by atoms with Crippen molar-refractivity contribution in [2.45, 2.75) is 6.92 Å². The first-order valence-electron chi connectivity index (χ1n) is 6.11. The molecule has 1 aromatic heterocycles. The van der Waals surface area contributed by atoms with Gasteiger partial charge in [-0.1, -0.05) is 0 Å². The van der Waals surface area contributed by atoms with Crippen molar-refractivity contribution in [1.29, 1.82) is 0 Å². The van der Waals surface area contributed by atoms with Crippen LogP contribution in [-0.4, -0.2) is 25.8 Å². The molecule has 0 spiro atoms. The van der Waals surface area contributed by atoms with Crippen LogP contribution in [0, 0.1) is 27.2 Å². The molecule has 114 valence electrons. The topological polar surface area (TPSA) is 128 Å². The molecule has 1 aromatic carbocycles. The van der Waals surface area contributed by atoms with Crippen LogP contribution in [0.4, 0.5) is 17.2 Å². The lowest BCUT2D eigenvalue weighted by Crippen LogP contribution is -1.96. The minimum absolute atomic E-state index is 0.0268. The van der Waals surface area contributed by atoms with Crippen LogP contribution in [0.5, 0.6) is 0 Å². The second-order valence-electron chi connectivity index (χ2n) is 4.38. The molecule has 0 aliphatic rings. The number of benzene rings is 1. The molecule has 0 amide bonds. The van der Waals surface area contributed by atoms with E-state index in [9.17, 15) is 20.2 Å². The van der Waals surface area contributed by atoms with E-state index >= 15 is 0 Å². The lowest BCUT2D eigenvalue weighted by atomic mass is 10.2. The summed E-state index contributed by atoms with van der Waals surface area (Å²) in [4.78, 5) is 20.5. The quantitative estimate of drug-likeness (QED) is 0.511. The van der Waals surface area contributed by atoms with Crippen molar-refractivity contribution < 1.29 is 9.85 Å². The zero-order valence-corrected chi connectivity index (χ0v) is 11.8. The predicted octanol–water partition coefficient (Wildman–Crippen LogP) is 1.99. The lowest BCUT2D eigenvalue weighted by Gasteiger charge is -1.96. The van der Waals surface area contributed by atoms with Crippen LogP contribution in [0.25, 0.3) is 0 Å². The summed E-state index contributed by atoms with van der Waals surface area (Å²) in [6.45, 7) is 1.58. The molecule has 0 bridgehead atoms. The van der Waals surface area contributed by atoms with E-state index in [0.29, 0.717) is 11.3 Å². The zero-order valence-electron chi connectivity index (χ0n) is 11.8. The molecule has 10 nitrogen and oxygen atoms in total. The summed E-state index contributed by atoms with van der Waals surface area (Å²) in [6.07, 6.45) is 1.39. The zero-order chi connectivity index (χ0) is 16.3. The van der Waals surface area contributed by atoms with Gasteiger partial charge in [0.2, 0.25) is 5.82 Å². The molecular formula is C12H12N6O4. The average molecular weight is 304 g/mol. The van der Waals surface area contributed by atoms with E-state index in [0.717, 1.165) is 0 Å². The molecular weight excluding hydrogens is 292 g/mol. The first kappa shape index (κ1) is 15.1. The van der Waals surface area contributed by atoms with Crippen LogP contribution in [0.1, 0.15) is 11.3 Å². The molecule has 2 rings (SSSR count). The van der Waals surface area contributed by atoms with Crippen molar-refractivity contribution in [3.05, 3.63) is 55.8 Å². The molecule has 1 N–H and O–H groups in total. The second-order valence-corrected chi connectivity index (χ2v) is 4.38. The van der Waals surface area contributed by atoms with E-state index in [2.05, 4.69) is 15.6 Å². The Morgan fingerprint density at radius 3 is 2.41 bits per heavy atom. The van der Waals surface area contributed by atoms with Gasteiger partial charge < -0.3 is 0 Å². The fraction of sp³-hybridized carbons (Fsp3) is 0.167. The second kappa shape index (κ2) is 5.99. The van der Waals surface area contributed by atoms with Gasteiger partial charge in [0, 0.05) is 19.2 Å². The van der Waals surface area contributed by atoms with Gasteiger partial charge in [-0.3, -0.25) is 30.3 Å². The highest BCUT2D eigenvalue weighted by Gasteiger charge is 2.23. The molecule has 0 atom stereocenters. The SMILES string of the molecule is Cc1c([N+](=O)[O-])c(N/N=C\c2ccc([N+](=O)[O-])cc2)nn1C. The number of hydrogen-bond donors (Lipinski definition) is 1. The number of aromatic nitrogens is 2. The highest BCUT2D eigenvalue weighted by molar-refractivity contribution is 5.80. The number of nitro benzene ring substituents is 1. The van der Waals surface area contributed by atoms with Crippen molar-refractivity contribution in [3.63, 3.8) is 0 Å². The molecule has 0 saturated heterocycles. The maximum atomic E-state index is 11.0. The largest absolute Gasteiger partial charge is 0.335 e. The van der Waals surface area contributed by atoms with Gasteiger partial charge >= 0.3 is 5.69 Å². The predicted molar refractivity (Wildman–Crippen MR) is 78.9 cm³/mol. The Morgan fingerprint density at radius 1 is 1.23 bits per heavy atom. The number of non-ortho nitro benzene ring substituents is 1. The Hall–Kier alpha value is -3.30. The molecule has 0 radical (unpaired) electrons. The van der Waals surface area contributed by atoms with Gasteiger partial charge in [0.05, 0.1) is 16.1 Å². The van der Waals surface area contributed by atoms with Crippen LogP contribution < -0.4 is 5.43 Å². The van der Waals surface area contributed by atoms with Gasteiger partial charge in [-0.25, -0.2) is 0 Å². The fourth-order valence-electron chi connectivity index (χ4n) is 1.74. The molecule has 0 aliphatic carbocycles. The highest BCUT2D eigenvalue weighted by atomic mass is 16.6. The third-order valence-corrected chi connectivity index (χ3v) is 2.97. The normalized spacial score (nSPS) is 10.8.